The van der Waals surface area contributed by atoms with E-state index in [1.54, 1.807) is 0 Å². The van der Waals surface area contributed by atoms with Crippen molar-refractivity contribution in [1.29, 1.82) is 0 Å². The molecule has 0 saturated heterocycles. The molecule has 0 spiro atoms. The van der Waals surface area contributed by atoms with Crippen LogP contribution in [0.25, 0.3) is 0 Å². The van der Waals surface area contributed by atoms with Crippen molar-refractivity contribution >= 4 is 0 Å². The van der Waals surface area contributed by atoms with Gasteiger partial charge in [0.05, 0.1) is 0 Å². The number of benzene rings is 1. The molecule has 9 heavy (non-hydrogen) atoms. The molecule has 0 unspecified atom stereocenters. The zero-order chi connectivity index (χ0) is 5.98. The number of rotatable bonds is 0. The van der Waals surface area contributed by atoms with Crippen molar-refractivity contribution in [3.63, 3.8) is 0 Å². The van der Waals surface area contributed by atoms with E-state index in [1.165, 1.54) is 18.2 Å². The molecule has 0 nitrogen and oxygen atoms in total. The second kappa shape index (κ2) is 3.68. The predicted octanol–water partition coefficient (Wildman–Crippen LogP) is 1.96. The van der Waals surface area contributed by atoms with Crippen LogP contribution in [0.15, 0.2) is 24.3 Å². The first-order valence-corrected chi connectivity index (χ1v) is 2.20. The maximum Gasteiger partial charge on any atom is 0.126 e. The van der Waals surface area contributed by atoms with E-state index in [0.717, 1.165) is 6.07 Å². The molecule has 1 aromatic rings. The molecular formula is C6H4F2Zn. The van der Waals surface area contributed by atoms with Crippen LogP contribution < -0.4 is 0 Å². The topological polar surface area (TPSA) is 0 Å². The fraction of sp³-hybridized carbons (Fsp3) is 0. The van der Waals surface area contributed by atoms with Gasteiger partial charge in [0.1, 0.15) is 11.6 Å². The van der Waals surface area contributed by atoms with E-state index in [4.69, 9.17) is 0 Å². The summed E-state index contributed by atoms with van der Waals surface area (Å²) in [6.07, 6.45) is 0. The molecule has 0 aliphatic carbocycles. The molecule has 0 amide bonds. The Labute approximate surface area is 64.6 Å². The average molecular weight is 179 g/mol. The molecule has 1 rings (SSSR count). The van der Waals surface area contributed by atoms with Crippen molar-refractivity contribution in [3.8, 4) is 0 Å². The van der Waals surface area contributed by atoms with Gasteiger partial charge < -0.3 is 0 Å². The second-order valence-electron chi connectivity index (χ2n) is 1.44. The Balaban J connectivity index is 0.000000640. The third kappa shape index (κ3) is 2.66. The molecule has 0 radical (unpaired) electrons. The molecule has 0 bridgehead atoms. The van der Waals surface area contributed by atoms with Gasteiger partial charge in [0.2, 0.25) is 0 Å². The van der Waals surface area contributed by atoms with Gasteiger partial charge in [-0.15, -0.1) is 0 Å². The monoisotopic (exact) mass is 178 g/mol. The Kier molecular flexibility index (Phi) is 3.56. The van der Waals surface area contributed by atoms with Gasteiger partial charge in [0.25, 0.3) is 0 Å². The number of halogens is 2. The van der Waals surface area contributed by atoms with Crippen LogP contribution in [-0.4, -0.2) is 0 Å². The molecule has 0 atom stereocenters. The Morgan fingerprint density at radius 1 is 1.00 bits per heavy atom. The molecule has 44 valence electrons. The van der Waals surface area contributed by atoms with E-state index in [1.807, 2.05) is 0 Å². The van der Waals surface area contributed by atoms with Gasteiger partial charge in [-0.3, -0.25) is 0 Å². The van der Waals surface area contributed by atoms with Gasteiger partial charge in [-0.1, -0.05) is 6.07 Å². The SMILES string of the molecule is Fc1cccc(F)c1.[Zn]. The molecule has 0 fully saturated rings. The summed E-state index contributed by atoms with van der Waals surface area (Å²) in [6, 6.07) is 4.55. The summed E-state index contributed by atoms with van der Waals surface area (Å²) < 4.78 is 23.9. The smallest absolute Gasteiger partial charge is 0.126 e. The van der Waals surface area contributed by atoms with Crippen molar-refractivity contribution in [3.05, 3.63) is 35.9 Å². The first-order chi connectivity index (χ1) is 3.79. The summed E-state index contributed by atoms with van der Waals surface area (Å²) in [6.45, 7) is 0. The van der Waals surface area contributed by atoms with Gasteiger partial charge in [-0.25, -0.2) is 8.78 Å². The van der Waals surface area contributed by atoms with E-state index in [2.05, 4.69) is 0 Å². The molecular weight excluding hydrogens is 175 g/mol. The van der Waals surface area contributed by atoms with Crippen LogP contribution >= 0.6 is 0 Å². The van der Waals surface area contributed by atoms with Gasteiger partial charge in [-0.2, -0.15) is 0 Å². The Morgan fingerprint density at radius 3 is 1.67 bits per heavy atom. The van der Waals surface area contributed by atoms with E-state index >= 15 is 0 Å². The minimum Gasteiger partial charge on any atom is -0.207 e. The first kappa shape index (κ1) is 8.70. The van der Waals surface area contributed by atoms with Crippen LogP contribution in [0.5, 0.6) is 0 Å². The summed E-state index contributed by atoms with van der Waals surface area (Å²) in [5.41, 5.74) is 0. The van der Waals surface area contributed by atoms with Gasteiger partial charge >= 0.3 is 0 Å². The molecule has 0 N–H and O–H groups in total. The summed E-state index contributed by atoms with van der Waals surface area (Å²) in [4.78, 5) is 0. The fourth-order valence-corrected chi connectivity index (χ4v) is 0.460. The molecule has 0 aromatic heterocycles. The average Bonchev–Trinajstić information content (AvgIpc) is 1.64. The zero-order valence-electron chi connectivity index (χ0n) is 4.77. The van der Waals surface area contributed by atoms with Crippen LogP contribution in [-0.2, 0) is 19.5 Å². The molecule has 3 heteroatoms. The van der Waals surface area contributed by atoms with Crippen LogP contribution in [0.4, 0.5) is 8.78 Å². The molecule has 0 aliphatic rings. The van der Waals surface area contributed by atoms with Crippen LogP contribution in [0.3, 0.4) is 0 Å². The van der Waals surface area contributed by atoms with E-state index in [-0.39, 0.29) is 19.5 Å². The summed E-state index contributed by atoms with van der Waals surface area (Å²) in [5.74, 6) is -1.07. The minimum atomic E-state index is -0.537. The predicted molar refractivity (Wildman–Crippen MR) is 26.4 cm³/mol. The van der Waals surface area contributed by atoms with E-state index < -0.39 is 11.6 Å². The van der Waals surface area contributed by atoms with Crippen molar-refractivity contribution in [1.82, 2.24) is 0 Å². The Bertz CT molecular complexity index is 171. The second-order valence-corrected chi connectivity index (χ2v) is 1.44. The normalized spacial score (nSPS) is 8.22. The molecule has 0 heterocycles. The molecule has 0 saturated carbocycles. The quantitative estimate of drug-likeness (QED) is 0.534. The van der Waals surface area contributed by atoms with Gasteiger partial charge in [0.15, 0.2) is 0 Å². The van der Waals surface area contributed by atoms with E-state index in [0.29, 0.717) is 0 Å². The number of hydrogen-bond donors (Lipinski definition) is 0. The first-order valence-electron chi connectivity index (χ1n) is 2.20. The van der Waals surface area contributed by atoms with Crippen molar-refractivity contribution in [2.45, 2.75) is 0 Å². The fourth-order valence-electron chi connectivity index (χ4n) is 0.460. The van der Waals surface area contributed by atoms with Crippen molar-refractivity contribution < 1.29 is 28.3 Å². The number of hydrogen-bond acceptors (Lipinski definition) is 0. The van der Waals surface area contributed by atoms with E-state index in [9.17, 15) is 8.78 Å². The summed E-state index contributed by atoms with van der Waals surface area (Å²) in [5, 5.41) is 0. The Hall–Kier alpha value is -0.297. The maximum atomic E-state index is 11.9. The zero-order valence-corrected chi connectivity index (χ0v) is 7.74. The third-order valence-electron chi connectivity index (χ3n) is 0.787. The maximum absolute atomic E-state index is 11.9. The Morgan fingerprint density at radius 2 is 1.44 bits per heavy atom. The van der Waals surface area contributed by atoms with Crippen LogP contribution in [0.2, 0.25) is 0 Å². The van der Waals surface area contributed by atoms with Crippen LogP contribution in [0, 0.1) is 11.6 Å². The molecule has 0 aliphatic heterocycles. The summed E-state index contributed by atoms with van der Waals surface area (Å²) >= 11 is 0. The van der Waals surface area contributed by atoms with Crippen LogP contribution in [0.1, 0.15) is 0 Å². The largest absolute Gasteiger partial charge is 0.207 e. The van der Waals surface area contributed by atoms with Crippen molar-refractivity contribution in [2.75, 3.05) is 0 Å². The van der Waals surface area contributed by atoms with Gasteiger partial charge in [-0.05, 0) is 12.1 Å². The molecule has 1 aromatic carbocycles. The minimum absolute atomic E-state index is 0. The summed E-state index contributed by atoms with van der Waals surface area (Å²) in [7, 11) is 0. The van der Waals surface area contributed by atoms with Crippen molar-refractivity contribution in [2.24, 2.45) is 0 Å². The third-order valence-corrected chi connectivity index (χ3v) is 0.787. The standard InChI is InChI=1S/C6H4F2.Zn/c7-5-2-1-3-6(8)4-5;/h1-4H;. The van der Waals surface area contributed by atoms with Gasteiger partial charge in [0, 0.05) is 25.5 Å².